The molecule has 1 fully saturated rings. The average Bonchev–Trinajstić information content (AvgIpc) is 2.98. The Morgan fingerprint density at radius 2 is 2.32 bits per heavy atom. The third-order valence-corrected chi connectivity index (χ3v) is 4.13. The third-order valence-electron chi connectivity index (χ3n) is 2.69. The standard InChI is InChI=1S/C12H10BrN3O2S/c13-9-3-1-2-8(6-9)7-10-14-15-11(19-10)16-4-5-18-12(16)17/h1-3,6H,4-5,7H2. The number of anilines is 1. The number of nitrogens with zero attached hydrogens (tertiary/aromatic N) is 3. The van der Waals surface area contributed by atoms with Crippen molar-refractivity contribution in [1.82, 2.24) is 10.2 Å². The van der Waals surface area contributed by atoms with Gasteiger partial charge in [0.1, 0.15) is 11.6 Å². The molecule has 1 aliphatic rings. The van der Waals surface area contributed by atoms with Crippen molar-refractivity contribution in [2.24, 2.45) is 0 Å². The predicted octanol–water partition coefficient (Wildman–Crippen LogP) is 2.85. The summed E-state index contributed by atoms with van der Waals surface area (Å²) in [7, 11) is 0. The Kier molecular flexibility index (Phi) is 3.48. The number of hydrogen-bond donors (Lipinski definition) is 0. The van der Waals surface area contributed by atoms with Crippen LogP contribution in [0.3, 0.4) is 0 Å². The van der Waals surface area contributed by atoms with Crippen molar-refractivity contribution in [2.75, 3.05) is 18.1 Å². The van der Waals surface area contributed by atoms with Crippen molar-refractivity contribution in [2.45, 2.75) is 6.42 Å². The van der Waals surface area contributed by atoms with Crippen LogP contribution in [0, 0.1) is 0 Å². The molecule has 0 N–H and O–H groups in total. The van der Waals surface area contributed by atoms with Crippen LogP contribution in [0.2, 0.25) is 0 Å². The Balaban J connectivity index is 1.76. The first-order chi connectivity index (χ1) is 9.22. The number of rotatable bonds is 3. The Hall–Kier alpha value is -1.47. The summed E-state index contributed by atoms with van der Waals surface area (Å²) in [5.41, 5.74) is 1.15. The van der Waals surface area contributed by atoms with E-state index in [2.05, 4.69) is 26.1 Å². The van der Waals surface area contributed by atoms with E-state index < -0.39 is 0 Å². The lowest BCUT2D eigenvalue weighted by Gasteiger charge is -2.05. The lowest BCUT2D eigenvalue weighted by atomic mass is 10.2. The molecule has 5 nitrogen and oxygen atoms in total. The topological polar surface area (TPSA) is 55.3 Å². The van der Waals surface area contributed by atoms with Crippen molar-refractivity contribution in [3.05, 3.63) is 39.3 Å². The van der Waals surface area contributed by atoms with E-state index in [9.17, 15) is 4.79 Å². The molecule has 0 aliphatic carbocycles. The SMILES string of the molecule is O=C1OCCN1c1nnc(Cc2cccc(Br)c2)s1. The highest BCUT2D eigenvalue weighted by Crippen LogP contribution is 2.25. The van der Waals surface area contributed by atoms with E-state index in [1.807, 2.05) is 24.3 Å². The maximum absolute atomic E-state index is 11.4. The van der Waals surface area contributed by atoms with Gasteiger partial charge in [0.05, 0.1) is 6.54 Å². The summed E-state index contributed by atoms with van der Waals surface area (Å²) in [5.74, 6) is 0. The molecule has 0 atom stereocenters. The van der Waals surface area contributed by atoms with Crippen LogP contribution in [0.15, 0.2) is 28.7 Å². The van der Waals surface area contributed by atoms with Gasteiger partial charge in [0.15, 0.2) is 0 Å². The number of cyclic esters (lactones) is 1. The summed E-state index contributed by atoms with van der Waals surface area (Å²) in [6, 6.07) is 8.05. The van der Waals surface area contributed by atoms with Crippen LogP contribution >= 0.6 is 27.3 Å². The Bertz CT molecular complexity index is 617. The van der Waals surface area contributed by atoms with Crippen LogP contribution in [-0.4, -0.2) is 29.4 Å². The summed E-state index contributed by atoms with van der Waals surface area (Å²) in [6.07, 6.45) is 0.366. The molecular weight excluding hydrogens is 330 g/mol. The van der Waals surface area contributed by atoms with Gasteiger partial charge in [0, 0.05) is 10.9 Å². The molecule has 98 valence electrons. The van der Waals surface area contributed by atoms with Gasteiger partial charge in [-0.15, -0.1) is 10.2 Å². The zero-order chi connectivity index (χ0) is 13.2. The molecule has 0 spiro atoms. The highest BCUT2D eigenvalue weighted by atomic mass is 79.9. The minimum atomic E-state index is -0.342. The van der Waals surface area contributed by atoms with Gasteiger partial charge in [0.25, 0.3) is 0 Å². The van der Waals surface area contributed by atoms with E-state index in [1.54, 1.807) is 0 Å². The van der Waals surface area contributed by atoms with Gasteiger partial charge >= 0.3 is 6.09 Å². The second kappa shape index (κ2) is 5.26. The van der Waals surface area contributed by atoms with Gasteiger partial charge in [-0.3, -0.25) is 0 Å². The lowest BCUT2D eigenvalue weighted by molar-refractivity contribution is 0.181. The molecule has 2 aromatic rings. The summed E-state index contributed by atoms with van der Waals surface area (Å²) in [5, 5.41) is 9.66. The normalized spacial score (nSPS) is 14.8. The molecule has 0 radical (unpaired) electrons. The van der Waals surface area contributed by atoms with Gasteiger partial charge in [-0.25, -0.2) is 9.69 Å². The number of halogens is 1. The molecule has 2 heterocycles. The third kappa shape index (κ3) is 2.76. The Morgan fingerprint density at radius 3 is 3.05 bits per heavy atom. The number of carbonyl (C=O) groups excluding carboxylic acids is 1. The molecule has 3 rings (SSSR count). The van der Waals surface area contributed by atoms with E-state index in [-0.39, 0.29) is 6.09 Å². The summed E-state index contributed by atoms with van der Waals surface area (Å²) in [4.78, 5) is 12.9. The predicted molar refractivity (Wildman–Crippen MR) is 75.6 cm³/mol. The number of amides is 1. The van der Waals surface area contributed by atoms with Crippen LogP contribution in [0.1, 0.15) is 10.6 Å². The van der Waals surface area contributed by atoms with Gasteiger partial charge in [-0.1, -0.05) is 39.4 Å². The molecule has 0 bridgehead atoms. The van der Waals surface area contributed by atoms with Crippen molar-refractivity contribution >= 4 is 38.5 Å². The molecular formula is C12H10BrN3O2S. The second-order valence-corrected chi connectivity index (χ2v) is 6.01. The fraction of sp³-hybridized carbons (Fsp3) is 0.250. The summed E-state index contributed by atoms with van der Waals surface area (Å²) >= 11 is 4.86. The van der Waals surface area contributed by atoms with Crippen molar-refractivity contribution in [3.8, 4) is 0 Å². The van der Waals surface area contributed by atoms with Crippen LogP contribution < -0.4 is 4.90 Å². The molecule has 1 aliphatic heterocycles. The number of carbonyl (C=O) groups is 1. The summed E-state index contributed by atoms with van der Waals surface area (Å²) in [6.45, 7) is 0.962. The fourth-order valence-electron chi connectivity index (χ4n) is 1.81. The minimum Gasteiger partial charge on any atom is -0.447 e. The first kappa shape index (κ1) is 12.6. The molecule has 1 aromatic heterocycles. The van der Waals surface area contributed by atoms with Crippen LogP contribution in [0.25, 0.3) is 0 Å². The van der Waals surface area contributed by atoms with E-state index >= 15 is 0 Å². The van der Waals surface area contributed by atoms with Crippen molar-refractivity contribution in [3.63, 3.8) is 0 Å². The van der Waals surface area contributed by atoms with Gasteiger partial charge in [-0.05, 0) is 17.7 Å². The smallest absolute Gasteiger partial charge is 0.416 e. The van der Waals surface area contributed by atoms with Gasteiger partial charge < -0.3 is 4.74 Å². The van der Waals surface area contributed by atoms with Crippen LogP contribution in [0.4, 0.5) is 9.93 Å². The number of hydrogen-bond acceptors (Lipinski definition) is 5. The molecule has 0 unspecified atom stereocenters. The minimum absolute atomic E-state index is 0.342. The van der Waals surface area contributed by atoms with E-state index in [0.717, 1.165) is 15.0 Å². The largest absolute Gasteiger partial charge is 0.447 e. The van der Waals surface area contributed by atoms with Crippen LogP contribution in [-0.2, 0) is 11.2 Å². The molecule has 0 saturated carbocycles. The maximum Gasteiger partial charge on any atom is 0.416 e. The van der Waals surface area contributed by atoms with E-state index in [4.69, 9.17) is 4.74 Å². The number of aromatic nitrogens is 2. The fourth-order valence-corrected chi connectivity index (χ4v) is 3.15. The monoisotopic (exact) mass is 339 g/mol. The molecule has 1 amide bonds. The van der Waals surface area contributed by atoms with Gasteiger partial charge in [0.2, 0.25) is 5.13 Å². The van der Waals surface area contributed by atoms with Crippen molar-refractivity contribution in [1.29, 1.82) is 0 Å². The van der Waals surface area contributed by atoms with Crippen LogP contribution in [0.5, 0.6) is 0 Å². The molecule has 7 heteroatoms. The molecule has 1 aromatic carbocycles. The number of benzene rings is 1. The highest BCUT2D eigenvalue weighted by Gasteiger charge is 2.26. The zero-order valence-corrected chi connectivity index (χ0v) is 12.3. The Labute approximate surface area is 122 Å². The van der Waals surface area contributed by atoms with Crippen molar-refractivity contribution < 1.29 is 9.53 Å². The highest BCUT2D eigenvalue weighted by molar-refractivity contribution is 9.10. The van der Waals surface area contributed by atoms with E-state index in [0.29, 0.717) is 24.7 Å². The Morgan fingerprint density at radius 1 is 1.42 bits per heavy atom. The first-order valence-corrected chi connectivity index (χ1v) is 7.34. The average molecular weight is 340 g/mol. The summed E-state index contributed by atoms with van der Waals surface area (Å²) < 4.78 is 5.92. The molecule has 1 saturated heterocycles. The second-order valence-electron chi connectivity index (χ2n) is 4.05. The number of ether oxygens (including phenoxy) is 1. The van der Waals surface area contributed by atoms with Gasteiger partial charge in [-0.2, -0.15) is 0 Å². The zero-order valence-electron chi connectivity index (χ0n) is 9.88. The van der Waals surface area contributed by atoms with E-state index in [1.165, 1.54) is 16.2 Å². The maximum atomic E-state index is 11.4. The quantitative estimate of drug-likeness (QED) is 0.862. The molecule has 19 heavy (non-hydrogen) atoms. The lowest BCUT2D eigenvalue weighted by Crippen LogP contribution is -2.22. The first-order valence-electron chi connectivity index (χ1n) is 5.73.